The van der Waals surface area contributed by atoms with E-state index in [1.165, 1.54) is 22.7 Å². The lowest BCUT2D eigenvalue weighted by Crippen LogP contribution is -2.44. The molecule has 2 aliphatic rings. The molecule has 4 rings (SSSR count). The number of carbonyl (C=O) groups excluding carboxylic acids is 1. The number of urea groups is 1. The summed E-state index contributed by atoms with van der Waals surface area (Å²) >= 11 is 1.44. The van der Waals surface area contributed by atoms with Gasteiger partial charge in [0, 0.05) is 50.2 Å². The fourth-order valence-electron chi connectivity index (χ4n) is 3.59. The standard InChI is InChI=1S/C18H23N5OS/c1-13-20-18(25-21-13)23-8-4-7-22(9-10-23)17(24)19-12-15-11-14-5-2-3-6-16(14)15/h2-3,5-6,15H,4,7-12H2,1H3,(H,19,24)/t15-/m0/s1. The summed E-state index contributed by atoms with van der Waals surface area (Å²) in [6, 6.07) is 8.55. The van der Waals surface area contributed by atoms with Crippen molar-refractivity contribution in [1.29, 1.82) is 0 Å². The summed E-state index contributed by atoms with van der Waals surface area (Å²) in [6.07, 6.45) is 2.03. The van der Waals surface area contributed by atoms with Crippen molar-refractivity contribution in [2.24, 2.45) is 0 Å². The molecule has 0 radical (unpaired) electrons. The highest BCUT2D eigenvalue weighted by Crippen LogP contribution is 2.34. The van der Waals surface area contributed by atoms with Gasteiger partial charge >= 0.3 is 6.03 Å². The van der Waals surface area contributed by atoms with E-state index in [1.807, 2.05) is 11.8 Å². The number of amides is 2. The molecule has 1 atom stereocenters. The molecule has 6 nitrogen and oxygen atoms in total. The van der Waals surface area contributed by atoms with Crippen molar-refractivity contribution in [2.75, 3.05) is 37.6 Å². The number of nitrogens with one attached hydrogen (secondary N) is 1. The number of nitrogens with zero attached hydrogens (tertiary/aromatic N) is 4. The second-order valence-electron chi connectivity index (χ2n) is 6.74. The van der Waals surface area contributed by atoms with Crippen molar-refractivity contribution in [3.8, 4) is 0 Å². The fourth-order valence-corrected chi connectivity index (χ4v) is 4.32. The maximum absolute atomic E-state index is 12.5. The normalized spacial score (nSPS) is 19.8. The average molecular weight is 357 g/mol. The maximum atomic E-state index is 12.5. The Labute approximate surface area is 152 Å². The molecule has 2 amide bonds. The van der Waals surface area contributed by atoms with E-state index >= 15 is 0 Å². The lowest BCUT2D eigenvalue weighted by Gasteiger charge is -2.31. The molecule has 2 aromatic rings. The van der Waals surface area contributed by atoms with Crippen molar-refractivity contribution in [3.05, 3.63) is 41.2 Å². The molecule has 25 heavy (non-hydrogen) atoms. The highest BCUT2D eigenvalue weighted by atomic mass is 32.1. The number of benzene rings is 1. The van der Waals surface area contributed by atoms with Crippen LogP contribution in [0.15, 0.2) is 24.3 Å². The van der Waals surface area contributed by atoms with Gasteiger partial charge in [-0.2, -0.15) is 4.37 Å². The molecule has 0 unspecified atom stereocenters. The van der Waals surface area contributed by atoms with Gasteiger partial charge in [-0.25, -0.2) is 9.78 Å². The minimum atomic E-state index is 0.0553. The molecule has 0 bridgehead atoms. The summed E-state index contributed by atoms with van der Waals surface area (Å²) in [5.74, 6) is 1.28. The second-order valence-corrected chi connectivity index (χ2v) is 7.47. The van der Waals surface area contributed by atoms with Crippen LogP contribution in [0, 0.1) is 6.92 Å². The largest absolute Gasteiger partial charge is 0.345 e. The van der Waals surface area contributed by atoms with Crippen LogP contribution in [0.3, 0.4) is 0 Å². The summed E-state index contributed by atoms with van der Waals surface area (Å²) in [7, 11) is 0. The van der Waals surface area contributed by atoms with Gasteiger partial charge in [0.2, 0.25) is 5.13 Å². The van der Waals surface area contributed by atoms with Gasteiger partial charge in [-0.1, -0.05) is 24.3 Å². The van der Waals surface area contributed by atoms with Crippen molar-refractivity contribution >= 4 is 22.7 Å². The number of fused-ring (bicyclic) bond motifs is 1. The molecular formula is C18H23N5OS. The Balaban J connectivity index is 1.28. The first-order chi connectivity index (χ1) is 12.2. The van der Waals surface area contributed by atoms with Crippen molar-refractivity contribution in [1.82, 2.24) is 19.6 Å². The van der Waals surface area contributed by atoms with Crippen LogP contribution in [0.4, 0.5) is 9.93 Å². The first-order valence-electron chi connectivity index (χ1n) is 8.86. The molecule has 1 aliphatic heterocycles. The Morgan fingerprint density at radius 2 is 2.16 bits per heavy atom. The molecule has 1 aromatic carbocycles. The van der Waals surface area contributed by atoms with Gasteiger partial charge in [0.15, 0.2) is 0 Å². The van der Waals surface area contributed by atoms with Gasteiger partial charge in [0.25, 0.3) is 0 Å². The number of aromatic nitrogens is 2. The maximum Gasteiger partial charge on any atom is 0.317 e. The van der Waals surface area contributed by atoms with E-state index in [9.17, 15) is 4.79 Å². The van der Waals surface area contributed by atoms with Crippen LogP contribution in [0.25, 0.3) is 0 Å². The molecule has 1 aliphatic carbocycles. The highest BCUT2D eigenvalue weighted by Gasteiger charge is 2.27. The number of anilines is 1. The van der Waals surface area contributed by atoms with Gasteiger partial charge in [-0.05, 0) is 30.9 Å². The van der Waals surface area contributed by atoms with Crippen molar-refractivity contribution < 1.29 is 4.79 Å². The predicted octanol–water partition coefficient (Wildman–Crippen LogP) is 2.41. The fraction of sp³-hybridized carbons (Fsp3) is 0.500. The Kier molecular flexibility index (Phi) is 4.57. The van der Waals surface area contributed by atoms with Crippen LogP contribution >= 0.6 is 11.5 Å². The van der Waals surface area contributed by atoms with E-state index in [2.05, 4.69) is 43.8 Å². The molecular weight excluding hydrogens is 334 g/mol. The number of aryl methyl sites for hydroxylation is 1. The first-order valence-corrected chi connectivity index (χ1v) is 9.64. The van der Waals surface area contributed by atoms with Gasteiger partial charge in [-0.15, -0.1) is 0 Å². The molecule has 132 valence electrons. The summed E-state index contributed by atoms with van der Waals surface area (Å²) in [6.45, 7) is 5.90. The zero-order valence-electron chi connectivity index (χ0n) is 14.4. The zero-order valence-corrected chi connectivity index (χ0v) is 15.3. The van der Waals surface area contributed by atoms with Crippen LogP contribution in [0.5, 0.6) is 0 Å². The first kappa shape index (κ1) is 16.3. The van der Waals surface area contributed by atoms with Crippen LogP contribution in [-0.2, 0) is 6.42 Å². The summed E-state index contributed by atoms with van der Waals surface area (Å²) < 4.78 is 4.26. The van der Waals surface area contributed by atoms with E-state index in [0.29, 0.717) is 5.92 Å². The second kappa shape index (κ2) is 7.00. The third-order valence-electron chi connectivity index (χ3n) is 5.03. The minimum absolute atomic E-state index is 0.0553. The SMILES string of the molecule is Cc1nsc(N2CCCN(C(=O)NC[C@@H]3Cc4ccccc43)CC2)n1. The van der Waals surface area contributed by atoms with E-state index in [-0.39, 0.29) is 6.03 Å². The number of rotatable bonds is 3. The van der Waals surface area contributed by atoms with E-state index < -0.39 is 0 Å². The van der Waals surface area contributed by atoms with Gasteiger partial charge in [-0.3, -0.25) is 0 Å². The number of hydrogen-bond acceptors (Lipinski definition) is 5. The third-order valence-corrected chi connectivity index (χ3v) is 5.90. The Morgan fingerprint density at radius 3 is 2.96 bits per heavy atom. The van der Waals surface area contributed by atoms with Gasteiger partial charge < -0.3 is 15.1 Å². The monoisotopic (exact) mass is 357 g/mol. The molecule has 0 spiro atoms. The van der Waals surface area contributed by atoms with Crippen LogP contribution in [0.1, 0.15) is 29.3 Å². The average Bonchev–Trinajstić information content (AvgIpc) is 2.88. The Hall–Kier alpha value is -2.15. The molecule has 1 saturated heterocycles. The Bertz CT molecular complexity index is 761. The molecule has 7 heteroatoms. The third kappa shape index (κ3) is 3.46. The van der Waals surface area contributed by atoms with Crippen LogP contribution in [-0.4, -0.2) is 53.0 Å². The van der Waals surface area contributed by atoms with Gasteiger partial charge in [0.1, 0.15) is 5.82 Å². The number of carbonyl (C=O) groups is 1. The van der Waals surface area contributed by atoms with E-state index in [1.54, 1.807) is 0 Å². The topological polar surface area (TPSA) is 61.4 Å². The molecule has 1 aromatic heterocycles. The quantitative estimate of drug-likeness (QED) is 0.916. The summed E-state index contributed by atoms with van der Waals surface area (Å²) in [5.41, 5.74) is 2.80. The lowest BCUT2D eigenvalue weighted by molar-refractivity contribution is 0.200. The van der Waals surface area contributed by atoms with Crippen molar-refractivity contribution in [3.63, 3.8) is 0 Å². The van der Waals surface area contributed by atoms with E-state index in [0.717, 1.165) is 56.5 Å². The predicted molar refractivity (Wildman–Crippen MR) is 99.3 cm³/mol. The van der Waals surface area contributed by atoms with Crippen molar-refractivity contribution in [2.45, 2.75) is 25.7 Å². The minimum Gasteiger partial charge on any atom is -0.345 e. The molecule has 1 fully saturated rings. The molecule has 2 heterocycles. The lowest BCUT2D eigenvalue weighted by atomic mass is 9.78. The highest BCUT2D eigenvalue weighted by molar-refractivity contribution is 7.09. The summed E-state index contributed by atoms with van der Waals surface area (Å²) in [5, 5.41) is 4.09. The molecule has 1 N–H and O–H groups in total. The number of hydrogen-bond donors (Lipinski definition) is 1. The summed E-state index contributed by atoms with van der Waals surface area (Å²) in [4.78, 5) is 21.2. The molecule has 0 saturated carbocycles. The smallest absolute Gasteiger partial charge is 0.317 e. The zero-order chi connectivity index (χ0) is 17.2. The van der Waals surface area contributed by atoms with Crippen LogP contribution < -0.4 is 10.2 Å². The van der Waals surface area contributed by atoms with E-state index in [4.69, 9.17) is 0 Å². The van der Waals surface area contributed by atoms with Gasteiger partial charge in [0.05, 0.1) is 0 Å². The Morgan fingerprint density at radius 1 is 1.28 bits per heavy atom. The van der Waals surface area contributed by atoms with Crippen LogP contribution in [0.2, 0.25) is 0 Å².